The molecule has 0 bridgehead atoms. The molecule has 104 valence electrons. The van der Waals surface area contributed by atoms with Gasteiger partial charge in [-0.3, -0.25) is 4.79 Å². The van der Waals surface area contributed by atoms with Gasteiger partial charge in [0.15, 0.2) is 0 Å². The molecule has 1 saturated carbocycles. The standard InChI is InChI=1S/C15H28N2O/c1-2-8-15(9-5-10-16-12-15)14(18)17-11-13-6-3-4-7-13/h13,16H,2-12H2,1H3,(H,17,18). The molecule has 1 atom stereocenters. The Morgan fingerprint density at radius 3 is 2.72 bits per heavy atom. The number of carbonyl (C=O) groups excluding carboxylic acids is 1. The molecule has 3 heteroatoms. The highest BCUT2D eigenvalue weighted by Crippen LogP contribution is 2.32. The molecule has 1 heterocycles. The summed E-state index contributed by atoms with van der Waals surface area (Å²) in [7, 11) is 0. The number of carbonyl (C=O) groups is 1. The molecule has 2 rings (SSSR count). The minimum absolute atomic E-state index is 0.119. The van der Waals surface area contributed by atoms with Gasteiger partial charge in [-0.15, -0.1) is 0 Å². The summed E-state index contributed by atoms with van der Waals surface area (Å²) in [5, 5.41) is 6.65. The molecule has 1 saturated heterocycles. The molecule has 1 aliphatic heterocycles. The molecule has 1 amide bonds. The van der Waals surface area contributed by atoms with Crippen LogP contribution in [0.1, 0.15) is 58.3 Å². The van der Waals surface area contributed by atoms with Crippen molar-refractivity contribution in [2.45, 2.75) is 58.3 Å². The van der Waals surface area contributed by atoms with Crippen LogP contribution in [0.5, 0.6) is 0 Å². The zero-order valence-electron chi connectivity index (χ0n) is 11.8. The summed E-state index contributed by atoms with van der Waals surface area (Å²) >= 11 is 0. The Hall–Kier alpha value is -0.570. The van der Waals surface area contributed by atoms with Crippen molar-refractivity contribution in [3.05, 3.63) is 0 Å². The average molecular weight is 252 g/mol. The molecular weight excluding hydrogens is 224 g/mol. The van der Waals surface area contributed by atoms with E-state index in [1.165, 1.54) is 25.7 Å². The summed E-state index contributed by atoms with van der Waals surface area (Å²) < 4.78 is 0. The maximum atomic E-state index is 12.5. The second kappa shape index (κ2) is 6.55. The molecule has 1 aliphatic carbocycles. The molecule has 2 aliphatic rings. The second-order valence-corrected chi connectivity index (χ2v) is 6.17. The highest BCUT2D eigenvalue weighted by Gasteiger charge is 2.38. The summed E-state index contributed by atoms with van der Waals surface area (Å²) in [5.74, 6) is 1.05. The predicted octanol–water partition coefficient (Wildman–Crippen LogP) is 2.46. The van der Waals surface area contributed by atoms with Crippen LogP contribution in [0.2, 0.25) is 0 Å². The van der Waals surface area contributed by atoms with Crippen LogP contribution < -0.4 is 10.6 Å². The molecule has 3 nitrogen and oxygen atoms in total. The lowest BCUT2D eigenvalue weighted by Gasteiger charge is -2.36. The SMILES string of the molecule is CCCC1(C(=O)NCC2CCCC2)CCCNC1. The fourth-order valence-corrected chi connectivity index (χ4v) is 3.61. The van der Waals surface area contributed by atoms with Crippen molar-refractivity contribution in [3.8, 4) is 0 Å². The zero-order valence-corrected chi connectivity index (χ0v) is 11.8. The van der Waals surface area contributed by atoms with Crippen LogP contribution in [0.3, 0.4) is 0 Å². The highest BCUT2D eigenvalue weighted by atomic mass is 16.2. The van der Waals surface area contributed by atoms with E-state index in [2.05, 4.69) is 17.6 Å². The Morgan fingerprint density at radius 1 is 1.33 bits per heavy atom. The number of amides is 1. The topological polar surface area (TPSA) is 41.1 Å². The minimum Gasteiger partial charge on any atom is -0.355 e. The quantitative estimate of drug-likeness (QED) is 0.789. The van der Waals surface area contributed by atoms with E-state index in [-0.39, 0.29) is 5.41 Å². The second-order valence-electron chi connectivity index (χ2n) is 6.17. The van der Waals surface area contributed by atoms with Gasteiger partial charge in [0.1, 0.15) is 0 Å². The van der Waals surface area contributed by atoms with Crippen LogP contribution in [0.4, 0.5) is 0 Å². The fourth-order valence-electron chi connectivity index (χ4n) is 3.61. The fraction of sp³-hybridized carbons (Fsp3) is 0.933. The molecule has 0 aromatic heterocycles. The van der Waals surface area contributed by atoms with Crippen molar-refractivity contribution in [2.24, 2.45) is 11.3 Å². The van der Waals surface area contributed by atoms with Crippen LogP contribution in [0, 0.1) is 11.3 Å². The normalized spacial score (nSPS) is 29.4. The Kier molecular flexibility index (Phi) is 5.04. The van der Waals surface area contributed by atoms with E-state index in [1.807, 2.05) is 0 Å². The van der Waals surface area contributed by atoms with Crippen molar-refractivity contribution < 1.29 is 4.79 Å². The van der Waals surface area contributed by atoms with Gasteiger partial charge in [0.2, 0.25) is 5.91 Å². The van der Waals surface area contributed by atoms with Crippen LogP contribution in [-0.4, -0.2) is 25.5 Å². The van der Waals surface area contributed by atoms with Gasteiger partial charge < -0.3 is 10.6 Å². The molecule has 2 fully saturated rings. The van der Waals surface area contributed by atoms with Crippen LogP contribution >= 0.6 is 0 Å². The summed E-state index contributed by atoms with van der Waals surface area (Å²) in [5.41, 5.74) is -0.119. The van der Waals surface area contributed by atoms with E-state index >= 15 is 0 Å². The van der Waals surface area contributed by atoms with Crippen LogP contribution in [0.25, 0.3) is 0 Å². The number of rotatable bonds is 5. The Labute approximate surface area is 111 Å². The Morgan fingerprint density at radius 2 is 2.11 bits per heavy atom. The number of hydrogen-bond acceptors (Lipinski definition) is 2. The summed E-state index contributed by atoms with van der Waals surface area (Å²) in [6, 6.07) is 0. The first-order valence-electron chi connectivity index (χ1n) is 7.76. The smallest absolute Gasteiger partial charge is 0.227 e. The Balaban J connectivity index is 1.86. The molecule has 0 aromatic carbocycles. The third-order valence-electron chi connectivity index (χ3n) is 4.71. The zero-order chi connectivity index (χ0) is 12.8. The van der Waals surface area contributed by atoms with E-state index in [4.69, 9.17) is 0 Å². The highest BCUT2D eigenvalue weighted by molar-refractivity contribution is 5.83. The van der Waals surface area contributed by atoms with E-state index in [0.29, 0.717) is 5.91 Å². The third kappa shape index (κ3) is 3.25. The van der Waals surface area contributed by atoms with E-state index in [9.17, 15) is 4.79 Å². The first-order valence-corrected chi connectivity index (χ1v) is 7.76. The van der Waals surface area contributed by atoms with Gasteiger partial charge >= 0.3 is 0 Å². The van der Waals surface area contributed by atoms with Gasteiger partial charge in [-0.2, -0.15) is 0 Å². The van der Waals surface area contributed by atoms with Gasteiger partial charge in [-0.25, -0.2) is 0 Å². The van der Waals surface area contributed by atoms with Gasteiger partial charge in [0.25, 0.3) is 0 Å². The maximum absolute atomic E-state index is 12.5. The third-order valence-corrected chi connectivity index (χ3v) is 4.71. The van der Waals surface area contributed by atoms with Crippen molar-refractivity contribution in [1.29, 1.82) is 0 Å². The number of piperidine rings is 1. The maximum Gasteiger partial charge on any atom is 0.227 e. The lowest BCUT2D eigenvalue weighted by molar-refractivity contribution is -0.132. The molecule has 2 N–H and O–H groups in total. The number of nitrogens with one attached hydrogen (secondary N) is 2. The van der Waals surface area contributed by atoms with Gasteiger partial charge in [0.05, 0.1) is 5.41 Å². The van der Waals surface area contributed by atoms with E-state index < -0.39 is 0 Å². The lowest BCUT2D eigenvalue weighted by atomic mass is 9.76. The lowest BCUT2D eigenvalue weighted by Crippen LogP contribution is -2.51. The summed E-state index contributed by atoms with van der Waals surface area (Å²) in [6.07, 6.45) is 9.62. The number of hydrogen-bond donors (Lipinski definition) is 2. The van der Waals surface area contributed by atoms with Crippen molar-refractivity contribution in [3.63, 3.8) is 0 Å². The average Bonchev–Trinajstić information content (AvgIpc) is 2.90. The van der Waals surface area contributed by atoms with Crippen LogP contribution in [0.15, 0.2) is 0 Å². The largest absolute Gasteiger partial charge is 0.355 e. The van der Waals surface area contributed by atoms with Gasteiger partial charge in [-0.1, -0.05) is 26.2 Å². The first kappa shape index (κ1) is 13.9. The summed E-state index contributed by atoms with van der Waals surface area (Å²) in [6.45, 7) is 5.03. The summed E-state index contributed by atoms with van der Waals surface area (Å²) in [4.78, 5) is 12.5. The van der Waals surface area contributed by atoms with Crippen molar-refractivity contribution in [2.75, 3.05) is 19.6 Å². The predicted molar refractivity (Wildman–Crippen MR) is 74.4 cm³/mol. The molecular formula is C15H28N2O. The molecule has 18 heavy (non-hydrogen) atoms. The van der Waals surface area contributed by atoms with Gasteiger partial charge in [0, 0.05) is 13.1 Å². The van der Waals surface area contributed by atoms with Crippen molar-refractivity contribution >= 4 is 5.91 Å². The van der Waals surface area contributed by atoms with Crippen molar-refractivity contribution in [1.82, 2.24) is 10.6 Å². The molecule has 0 aromatic rings. The van der Waals surface area contributed by atoms with E-state index in [1.54, 1.807) is 0 Å². The van der Waals surface area contributed by atoms with E-state index in [0.717, 1.165) is 51.2 Å². The molecule has 0 radical (unpaired) electrons. The van der Waals surface area contributed by atoms with Gasteiger partial charge in [-0.05, 0) is 44.6 Å². The minimum atomic E-state index is -0.119. The molecule has 1 unspecified atom stereocenters. The molecule has 0 spiro atoms. The van der Waals surface area contributed by atoms with Crippen LogP contribution in [-0.2, 0) is 4.79 Å². The monoisotopic (exact) mass is 252 g/mol. The first-order chi connectivity index (χ1) is 8.77. The Bertz CT molecular complexity index is 260.